The SMILES string of the molecule is CCN1C=C(C(=O)OCc2ccccc2C)C(C)=NS1(=O)=O. The third-order valence-corrected chi connectivity index (χ3v) is 4.82. The van der Waals surface area contributed by atoms with E-state index in [-0.39, 0.29) is 24.4 Å². The van der Waals surface area contributed by atoms with Gasteiger partial charge >= 0.3 is 16.2 Å². The van der Waals surface area contributed by atoms with Crippen LogP contribution in [0, 0.1) is 6.92 Å². The van der Waals surface area contributed by atoms with E-state index in [1.807, 2.05) is 31.2 Å². The van der Waals surface area contributed by atoms with Gasteiger partial charge in [-0.2, -0.15) is 8.42 Å². The van der Waals surface area contributed by atoms with Gasteiger partial charge in [0.2, 0.25) is 0 Å². The Balaban J connectivity index is 2.15. The van der Waals surface area contributed by atoms with Gasteiger partial charge in [0, 0.05) is 12.7 Å². The molecule has 0 N–H and O–H groups in total. The van der Waals surface area contributed by atoms with Crippen LogP contribution >= 0.6 is 0 Å². The summed E-state index contributed by atoms with van der Waals surface area (Å²) in [5, 5.41) is 0. The third-order valence-electron chi connectivity index (χ3n) is 3.36. The average molecular weight is 322 g/mol. The summed E-state index contributed by atoms with van der Waals surface area (Å²) in [5.74, 6) is -0.585. The standard InChI is InChI=1S/C15H18N2O4S/c1-4-17-9-14(12(3)16-22(17,19)20)15(18)21-10-13-8-6-5-7-11(13)2/h5-9H,4,10H2,1-3H3. The predicted octanol–water partition coefficient (Wildman–Crippen LogP) is 1.96. The first-order valence-electron chi connectivity index (χ1n) is 6.87. The Hall–Kier alpha value is -2.15. The van der Waals surface area contributed by atoms with Crippen molar-refractivity contribution in [1.82, 2.24) is 4.31 Å². The molecule has 118 valence electrons. The molecule has 2 rings (SSSR count). The van der Waals surface area contributed by atoms with Gasteiger partial charge in [0.25, 0.3) is 0 Å². The lowest BCUT2D eigenvalue weighted by Crippen LogP contribution is -2.31. The molecule has 0 unspecified atom stereocenters. The molecule has 0 fully saturated rings. The molecular formula is C15H18N2O4S. The van der Waals surface area contributed by atoms with Gasteiger partial charge in [-0.05, 0) is 31.9 Å². The number of carbonyl (C=O) groups excluding carboxylic acids is 1. The molecule has 0 saturated heterocycles. The van der Waals surface area contributed by atoms with Gasteiger partial charge in [-0.3, -0.25) is 4.31 Å². The Bertz CT molecular complexity index is 751. The number of esters is 1. The fourth-order valence-electron chi connectivity index (χ4n) is 2.03. The Labute approximate surface area is 130 Å². The first-order chi connectivity index (χ1) is 10.3. The molecule has 1 aliphatic heterocycles. The molecule has 7 heteroatoms. The van der Waals surface area contributed by atoms with Crippen LogP contribution in [0.5, 0.6) is 0 Å². The highest BCUT2D eigenvalue weighted by atomic mass is 32.2. The smallest absolute Gasteiger partial charge is 0.344 e. The number of rotatable bonds is 4. The van der Waals surface area contributed by atoms with Crippen molar-refractivity contribution in [3.8, 4) is 0 Å². The normalized spacial score (nSPS) is 16.8. The fourth-order valence-corrected chi connectivity index (χ4v) is 3.14. The van der Waals surface area contributed by atoms with Crippen LogP contribution in [0.25, 0.3) is 0 Å². The average Bonchev–Trinajstić information content (AvgIpc) is 2.45. The van der Waals surface area contributed by atoms with E-state index in [1.54, 1.807) is 6.92 Å². The quantitative estimate of drug-likeness (QED) is 0.794. The molecule has 0 aliphatic carbocycles. The van der Waals surface area contributed by atoms with Crippen LogP contribution in [0.3, 0.4) is 0 Å². The molecule has 22 heavy (non-hydrogen) atoms. The van der Waals surface area contributed by atoms with E-state index in [4.69, 9.17) is 4.74 Å². The molecule has 0 radical (unpaired) electrons. The van der Waals surface area contributed by atoms with E-state index < -0.39 is 16.2 Å². The van der Waals surface area contributed by atoms with Crippen LogP contribution in [0.1, 0.15) is 25.0 Å². The van der Waals surface area contributed by atoms with E-state index in [0.29, 0.717) is 0 Å². The maximum absolute atomic E-state index is 12.2. The summed E-state index contributed by atoms with van der Waals surface area (Å²) in [4.78, 5) is 12.2. The summed E-state index contributed by atoms with van der Waals surface area (Å²) >= 11 is 0. The molecule has 0 aromatic heterocycles. The summed E-state index contributed by atoms with van der Waals surface area (Å²) in [6, 6.07) is 7.59. The van der Waals surface area contributed by atoms with Gasteiger partial charge in [-0.1, -0.05) is 24.3 Å². The fraction of sp³-hybridized carbons (Fsp3) is 0.333. The monoisotopic (exact) mass is 322 g/mol. The third kappa shape index (κ3) is 3.36. The Morgan fingerprint density at radius 2 is 1.95 bits per heavy atom. The van der Waals surface area contributed by atoms with Crippen molar-refractivity contribution >= 4 is 21.9 Å². The van der Waals surface area contributed by atoms with Gasteiger partial charge in [0.05, 0.1) is 11.3 Å². The Morgan fingerprint density at radius 1 is 1.27 bits per heavy atom. The van der Waals surface area contributed by atoms with Crippen LogP contribution in [-0.2, 0) is 26.3 Å². The summed E-state index contributed by atoms with van der Waals surface area (Å²) in [6.45, 7) is 5.41. The zero-order valence-corrected chi connectivity index (χ0v) is 13.6. The van der Waals surface area contributed by atoms with E-state index in [1.165, 1.54) is 13.1 Å². The lowest BCUT2D eigenvalue weighted by Gasteiger charge is -2.21. The predicted molar refractivity (Wildman–Crippen MR) is 83.5 cm³/mol. The molecule has 6 nitrogen and oxygen atoms in total. The maximum atomic E-state index is 12.2. The van der Waals surface area contributed by atoms with Crippen molar-refractivity contribution in [3.05, 3.63) is 47.2 Å². The van der Waals surface area contributed by atoms with Gasteiger partial charge in [-0.15, -0.1) is 4.40 Å². The summed E-state index contributed by atoms with van der Waals surface area (Å²) < 4.78 is 33.4. The summed E-state index contributed by atoms with van der Waals surface area (Å²) in [5.41, 5.74) is 2.22. The van der Waals surface area contributed by atoms with Gasteiger partial charge < -0.3 is 4.74 Å². The van der Waals surface area contributed by atoms with Crippen molar-refractivity contribution in [2.75, 3.05) is 6.54 Å². The molecular weight excluding hydrogens is 304 g/mol. The molecule has 0 bridgehead atoms. The van der Waals surface area contributed by atoms with Crippen LogP contribution in [0.15, 0.2) is 40.4 Å². The lowest BCUT2D eigenvalue weighted by molar-refractivity contribution is -0.139. The number of aryl methyl sites for hydroxylation is 1. The highest BCUT2D eigenvalue weighted by Gasteiger charge is 2.27. The van der Waals surface area contributed by atoms with Crippen LogP contribution < -0.4 is 0 Å². The topological polar surface area (TPSA) is 76.0 Å². The molecule has 0 saturated carbocycles. The first-order valence-corrected chi connectivity index (χ1v) is 8.27. The Morgan fingerprint density at radius 3 is 2.59 bits per heavy atom. The number of hydrogen-bond acceptors (Lipinski definition) is 4. The van der Waals surface area contributed by atoms with E-state index in [2.05, 4.69) is 4.40 Å². The molecule has 0 amide bonds. The van der Waals surface area contributed by atoms with E-state index in [9.17, 15) is 13.2 Å². The van der Waals surface area contributed by atoms with Crippen molar-refractivity contribution < 1.29 is 17.9 Å². The van der Waals surface area contributed by atoms with Gasteiger partial charge in [0.1, 0.15) is 6.61 Å². The minimum absolute atomic E-state index is 0.134. The van der Waals surface area contributed by atoms with Gasteiger partial charge in [0.15, 0.2) is 0 Å². The second-order valence-electron chi connectivity index (χ2n) is 4.90. The molecule has 1 aromatic rings. The molecule has 1 heterocycles. The number of hydrogen-bond donors (Lipinski definition) is 0. The number of nitrogens with zero attached hydrogens (tertiary/aromatic N) is 2. The Kier molecular flexibility index (Phi) is 4.65. The second kappa shape index (κ2) is 6.31. The zero-order chi connectivity index (χ0) is 16.3. The highest BCUT2D eigenvalue weighted by Crippen LogP contribution is 2.18. The van der Waals surface area contributed by atoms with Crippen LogP contribution in [-0.4, -0.2) is 30.9 Å². The summed E-state index contributed by atoms with van der Waals surface area (Å²) in [7, 11) is -3.73. The lowest BCUT2D eigenvalue weighted by atomic mass is 10.1. The highest BCUT2D eigenvalue weighted by molar-refractivity contribution is 7.88. The van der Waals surface area contributed by atoms with E-state index >= 15 is 0 Å². The molecule has 1 aliphatic rings. The second-order valence-corrected chi connectivity index (χ2v) is 6.45. The largest absolute Gasteiger partial charge is 0.457 e. The molecule has 1 aromatic carbocycles. The van der Waals surface area contributed by atoms with Crippen LogP contribution in [0.4, 0.5) is 0 Å². The van der Waals surface area contributed by atoms with Crippen molar-refractivity contribution in [2.24, 2.45) is 4.40 Å². The van der Waals surface area contributed by atoms with Crippen molar-refractivity contribution in [2.45, 2.75) is 27.4 Å². The molecule has 0 spiro atoms. The maximum Gasteiger partial charge on any atom is 0.344 e. The van der Waals surface area contributed by atoms with Crippen molar-refractivity contribution in [1.29, 1.82) is 0 Å². The molecule has 0 atom stereocenters. The number of ether oxygens (including phenoxy) is 1. The number of carbonyl (C=O) groups is 1. The zero-order valence-electron chi connectivity index (χ0n) is 12.7. The first kappa shape index (κ1) is 16.2. The van der Waals surface area contributed by atoms with Crippen LogP contribution in [0.2, 0.25) is 0 Å². The summed E-state index contributed by atoms with van der Waals surface area (Å²) in [6.07, 6.45) is 1.28. The minimum atomic E-state index is -3.73. The number of benzene rings is 1. The minimum Gasteiger partial charge on any atom is -0.457 e. The van der Waals surface area contributed by atoms with Crippen molar-refractivity contribution in [3.63, 3.8) is 0 Å². The van der Waals surface area contributed by atoms with E-state index in [0.717, 1.165) is 15.4 Å². The van der Waals surface area contributed by atoms with Gasteiger partial charge in [-0.25, -0.2) is 4.79 Å².